The van der Waals surface area contributed by atoms with E-state index in [0.29, 0.717) is 106 Å². The van der Waals surface area contributed by atoms with Gasteiger partial charge in [-0.2, -0.15) is 0 Å². The van der Waals surface area contributed by atoms with Gasteiger partial charge in [0, 0.05) is 6.61 Å². The minimum Gasteiger partial charge on any atom is -0.491 e. The van der Waals surface area contributed by atoms with Crippen molar-refractivity contribution >= 4 is 0 Å². The van der Waals surface area contributed by atoms with Crippen molar-refractivity contribution < 1.29 is 42.6 Å². The van der Waals surface area contributed by atoms with Gasteiger partial charge in [0.1, 0.15) is 12.4 Å². The molecular weight excluding hydrogens is 600 g/mol. The Morgan fingerprint density at radius 3 is 0.915 bits per heavy atom. The highest BCUT2D eigenvalue weighted by Crippen LogP contribution is 2.13. The quantitative estimate of drug-likeness (QED) is 0.0653. The van der Waals surface area contributed by atoms with Crippen LogP contribution in [0.2, 0.25) is 0 Å². The lowest BCUT2D eigenvalue weighted by Gasteiger charge is -2.09. The maximum atomic E-state index is 5.68. The average molecular weight is 671 g/mol. The van der Waals surface area contributed by atoms with Crippen LogP contribution in [0.5, 0.6) is 5.75 Å². The molecule has 9 nitrogen and oxygen atoms in total. The number of para-hydroxylation sites is 1. The van der Waals surface area contributed by atoms with Crippen LogP contribution in [0.4, 0.5) is 0 Å². The van der Waals surface area contributed by atoms with E-state index in [9.17, 15) is 0 Å². The molecule has 0 amide bonds. The standard InChI is InChI=1S/C38H70O9/c1-2-3-4-5-6-7-8-9-10-11-12-13-14-18-21-39-22-23-40-24-25-41-26-27-42-28-29-43-30-31-44-32-33-45-34-35-46-36-37-47-38-19-16-15-17-20-38/h15-17,19-20H,2-14,18,21-37H2,1H3. The van der Waals surface area contributed by atoms with Gasteiger partial charge < -0.3 is 42.6 Å². The van der Waals surface area contributed by atoms with E-state index in [4.69, 9.17) is 42.6 Å². The Hall–Kier alpha value is -1.30. The van der Waals surface area contributed by atoms with Crippen LogP contribution in [0.1, 0.15) is 96.8 Å². The average Bonchev–Trinajstić information content (AvgIpc) is 3.09. The van der Waals surface area contributed by atoms with E-state index < -0.39 is 0 Å². The second-order valence-corrected chi connectivity index (χ2v) is 11.7. The van der Waals surface area contributed by atoms with E-state index >= 15 is 0 Å². The van der Waals surface area contributed by atoms with Crippen LogP contribution in [0.25, 0.3) is 0 Å². The smallest absolute Gasteiger partial charge is 0.119 e. The van der Waals surface area contributed by atoms with Crippen LogP contribution in [-0.4, -0.2) is 112 Å². The summed E-state index contributed by atoms with van der Waals surface area (Å²) in [4.78, 5) is 0. The minimum atomic E-state index is 0.525. The Kier molecular flexibility index (Phi) is 36.4. The summed E-state index contributed by atoms with van der Waals surface area (Å²) in [6.07, 6.45) is 19.3. The number of benzene rings is 1. The molecule has 0 atom stereocenters. The van der Waals surface area contributed by atoms with Gasteiger partial charge in [-0.25, -0.2) is 0 Å². The fourth-order valence-electron chi connectivity index (χ4n) is 4.78. The Morgan fingerprint density at radius 1 is 0.298 bits per heavy atom. The molecule has 0 saturated heterocycles. The van der Waals surface area contributed by atoms with Gasteiger partial charge in [0.2, 0.25) is 0 Å². The molecule has 0 radical (unpaired) electrons. The van der Waals surface area contributed by atoms with Gasteiger partial charge in [0.15, 0.2) is 0 Å². The molecule has 0 aliphatic rings. The topological polar surface area (TPSA) is 83.1 Å². The van der Waals surface area contributed by atoms with Crippen molar-refractivity contribution in [2.45, 2.75) is 96.8 Å². The molecule has 0 heterocycles. The highest BCUT2D eigenvalue weighted by Gasteiger charge is 1.97. The molecule has 0 aromatic heterocycles. The van der Waals surface area contributed by atoms with Crippen LogP contribution >= 0.6 is 0 Å². The lowest BCUT2D eigenvalue weighted by atomic mass is 10.0. The van der Waals surface area contributed by atoms with Crippen molar-refractivity contribution in [1.82, 2.24) is 0 Å². The molecule has 0 unspecified atom stereocenters. The molecule has 1 aromatic carbocycles. The molecule has 9 heteroatoms. The molecule has 1 aromatic rings. The normalized spacial score (nSPS) is 11.4. The molecular formula is C38H70O9. The Bertz CT molecular complexity index is 695. The third-order valence-electron chi connectivity index (χ3n) is 7.49. The molecule has 1 rings (SSSR count). The molecule has 0 aliphatic heterocycles. The van der Waals surface area contributed by atoms with E-state index in [1.807, 2.05) is 30.3 Å². The van der Waals surface area contributed by atoms with Gasteiger partial charge in [-0.05, 0) is 18.6 Å². The maximum absolute atomic E-state index is 5.68. The summed E-state index contributed by atoms with van der Waals surface area (Å²) in [6, 6.07) is 9.71. The van der Waals surface area contributed by atoms with Crippen molar-refractivity contribution in [2.75, 3.05) is 112 Å². The first-order valence-corrected chi connectivity index (χ1v) is 18.7. The van der Waals surface area contributed by atoms with Crippen molar-refractivity contribution in [3.8, 4) is 5.75 Å². The lowest BCUT2D eigenvalue weighted by molar-refractivity contribution is -0.0236. The summed E-state index contributed by atoms with van der Waals surface area (Å²) in [6.45, 7) is 12.0. The van der Waals surface area contributed by atoms with E-state index in [1.165, 1.54) is 83.5 Å². The molecule has 0 N–H and O–H groups in total. The van der Waals surface area contributed by atoms with Crippen LogP contribution in [0.15, 0.2) is 30.3 Å². The maximum Gasteiger partial charge on any atom is 0.119 e. The molecule has 0 saturated carbocycles. The first-order chi connectivity index (χ1) is 23.4. The number of hydrogen-bond donors (Lipinski definition) is 0. The van der Waals surface area contributed by atoms with Crippen LogP contribution in [-0.2, 0) is 37.9 Å². The summed E-state index contributed by atoms with van der Waals surface area (Å²) in [5, 5.41) is 0. The second-order valence-electron chi connectivity index (χ2n) is 11.7. The van der Waals surface area contributed by atoms with Crippen LogP contribution in [0.3, 0.4) is 0 Å². The lowest BCUT2D eigenvalue weighted by Crippen LogP contribution is -2.15. The molecule has 0 spiro atoms. The zero-order valence-electron chi connectivity index (χ0n) is 30.0. The summed E-state index contributed by atoms with van der Waals surface area (Å²) in [5.41, 5.74) is 0. The predicted octanol–water partition coefficient (Wildman–Crippen LogP) is 7.68. The molecule has 0 bridgehead atoms. The third kappa shape index (κ3) is 35.8. The summed E-state index contributed by atoms with van der Waals surface area (Å²) in [7, 11) is 0. The summed E-state index contributed by atoms with van der Waals surface area (Å²) >= 11 is 0. The highest BCUT2D eigenvalue weighted by molar-refractivity contribution is 5.20. The van der Waals surface area contributed by atoms with E-state index in [2.05, 4.69) is 6.92 Å². The number of unbranched alkanes of at least 4 members (excludes halogenated alkanes) is 13. The largest absolute Gasteiger partial charge is 0.491 e. The molecule has 0 fully saturated rings. The van der Waals surface area contributed by atoms with Crippen LogP contribution in [0, 0.1) is 0 Å². The molecule has 276 valence electrons. The van der Waals surface area contributed by atoms with Gasteiger partial charge in [0.05, 0.1) is 99.1 Å². The van der Waals surface area contributed by atoms with Crippen molar-refractivity contribution in [1.29, 1.82) is 0 Å². The number of ether oxygens (including phenoxy) is 9. The molecule has 47 heavy (non-hydrogen) atoms. The van der Waals surface area contributed by atoms with Gasteiger partial charge in [0.25, 0.3) is 0 Å². The Labute approximate surface area is 287 Å². The van der Waals surface area contributed by atoms with Crippen molar-refractivity contribution in [3.05, 3.63) is 30.3 Å². The van der Waals surface area contributed by atoms with Gasteiger partial charge >= 0.3 is 0 Å². The summed E-state index contributed by atoms with van der Waals surface area (Å²) < 4.78 is 49.8. The highest BCUT2D eigenvalue weighted by atomic mass is 16.6. The molecule has 0 aliphatic carbocycles. The zero-order valence-corrected chi connectivity index (χ0v) is 30.0. The Morgan fingerprint density at radius 2 is 0.574 bits per heavy atom. The fraction of sp³-hybridized carbons (Fsp3) is 0.842. The third-order valence-corrected chi connectivity index (χ3v) is 7.49. The first-order valence-electron chi connectivity index (χ1n) is 18.7. The van der Waals surface area contributed by atoms with E-state index in [-0.39, 0.29) is 0 Å². The first kappa shape index (κ1) is 43.7. The van der Waals surface area contributed by atoms with Crippen molar-refractivity contribution in [2.24, 2.45) is 0 Å². The monoisotopic (exact) mass is 671 g/mol. The van der Waals surface area contributed by atoms with E-state index in [1.54, 1.807) is 0 Å². The Balaban J connectivity index is 1.60. The number of hydrogen-bond acceptors (Lipinski definition) is 9. The van der Waals surface area contributed by atoms with Gasteiger partial charge in [-0.1, -0.05) is 109 Å². The second kappa shape index (κ2) is 39.1. The van der Waals surface area contributed by atoms with Crippen molar-refractivity contribution in [3.63, 3.8) is 0 Å². The van der Waals surface area contributed by atoms with E-state index in [0.717, 1.165) is 18.8 Å². The minimum absolute atomic E-state index is 0.525. The fourth-order valence-corrected chi connectivity index (χ4v) is 4.78. The van der Waals surface area contributed by atoms with Crippen LogP contribution < -0.4 is 4.74 Å². The summed E-state index contributed by atoms with van der Waals surface area (Å²) in [5.74, 6) is 0.852. The predicted molar refractivity (Wildman–Crippen MR) is 189 cm³/mol. The van der Waals surface area contributed by atoms with Gasteiger partial charge in [-0.3, -0.25) is 0 Å². The number of rotatable bonds is 40. The SMILES string of the molecule is CCCCCCCCCCCCCCCCOCCOCCOCCOCCOCCOCCOCCOCCOc1ccccc1. The van der Waals surface area contributed by atoms with Gasteiger partial charge in [-0.15, -0.1) is 0 Å². The zero-order chi connectivity index (χ0) is 33.4.